The summed E-state index contributed by atoms with van der Waals surface area (Å²) in [6.45, 7) is 0.382. The van der Waals surface area contributed by atoms with Gasteiger partial charge in [-0.05, 0) is 24.3 Å². The van der Waals surface area contributed by atoms with Gasteiger partial charge in [-0.2, -0.15) is 0 Å². The molecule has 0 bridgehead atoms. The van der Waals surface area contributed by atoms with Crippen molar-refractivity contribution in [1.82, 2.24) is 5.32 Å². The molecular weight excluding hydrogens is 202 g/mol. The van der Waals surface area contributed by atoms with E-state index < -0.39 is 0 Å². The van der Waals surface area contributed by atoms with Gasteiger partial charge in [-0.3, -0.25) is 4.79 Å². The maximum atomic E-state index is 11.7. The van der Waals surface area contributed by atoms with Gasteiger partial charge < -0.3 is 10.1 Å². The molecule has 1 aliphatic heterocycles. The number of rotatable bonds is 3. The highest BCUT2D eigenvalue weighted by Crippen LogP contribution is 2.40. The maximum absolute atomic E-state index is 11.7. The van der Waals surface area contributed by atoms with Crippen LogP contribution in [0.3, 0.4) is 0 Å². The van der Waals surface area contributed by atoms with E-state index in [1.54, 1.807) is 0 Å². The third-order valence-corrected chi connectivity index (χ3v) is 3.38. The summed E-state index contributed by atoms with van der Waals surface area (Å²) in [6.07, 6.45) is 2.20. The third kappa shape index (κ3) is 1.95. The number of ether oxygens (including phenoxy) is 1. The summed E-state index contributed by atoms with van der Waals surface area (Å²) >= 11 is 0. The summed E-state index contributed by atoms with van der Waals surface area (Å²) in [5, 5.41) is 3.29. The highest BCUT2D eigenvalue weighted by molar-refractivity contribution is 5.76. The molecule has 3 rings (SSSR count). The largest absolute Gasteiger partial charge is 0.460 e. The number of hydrogen-bond donors (Lipinski definition) is 1. The van der Waals surface area contributed by atoms with Crippen molar-refractivity contribution in [3.05, 3.63) is 35.9 Å². The van der Waals surface area contributed by atoms with Crippen LogP contribution in [0.5, 0.6) is 0 Å². The van der Waals surface area contributed by atoms with E-state index in [1.807, 2.05) is 30.3 Å². The minimum atomic E-state index is -0.101. The fourth-order valence-electron chi connectivity index (χ4n) is 2.33. The Morgan fingerprint density at radius 1 is 1.31 bits per heavy atom. The highest BCUT2D eigenvalue weighted by Gasteiger charge is 2.48. The van der Waals surface area contributed by atoms with Crippen molar-refractivity contribution in [3.63, 3.8) is 0 Å². The Bertz CT molecular complexity index is 380. The Hall–Kier alpha value is -1.35. The summed E-state index contributed by atoms with van der Waals surface area (Å²) in [7, 11) is 0. The van der Waals surface area contributed by atoms with Crippen molar-refractivity contribution in [2.45, 2.75) is 31.5 Å². The van der Waals surface area contributed by atoms with E-state index in [1.165, 1.54) is 6.42 Å². The van der Waals surface area contributed by atoms with E-state index in [0.29, 0.717) is 12.6 Å². The number of nitrogens with one attached hydrogen (secondary N) is 1. The minimum absolute atomic E-state index is 0.0625. The first-order valence-corrected chi connectivity index (χ1v) is 5.79. The van der Waals surface area contributed by atoms with Crippen LogP contribution in [0.1, 0.15) is 18.4 Å². The zero-order valence-corrected chi connectivity index (χ0v) is 9.06. The van der Waals surface area contributed by atoms with Gasteiger partial charge in [0.1, 0.15) is 12.6 Å². The third-order valence-electron chi connectivity index (χ3n) is 3.38. The summed E-state index contributed by atoms with van der Waals surface area (Å²) in [6, 6.07) is 10.3. The molecule has 0 spiro atoms. The molecule has 1 aromatic carbocycles. The summed E-state index contributed by atoms with van der Waals surface area (Å²) in [5.74, 6) is 0.630. The molecule has 1 aliphatic carbocycles. The molecule has 2 fully saturated rings. The second-order valence-corrected chi connectivity index (χ2v) is 4.65. The molecule has 3 nitrogen and oxygen atoms in total. The molecule has 1 saturated heterocycles. The Morgan fingerprint density at radius 2 is 2.12 bits per heavy atom. The first-order chi connectivity index (χ1) is 7.83. The first-order valence-electron chi connectivity index (χ1n) is 5.79. The monoisotopic (exact) mass is 217 g/mol. The number of hydrogen-bond acceptors (Lipinski definition) is 3. The molecule has 1 heterocycles. The van der Waals surface area contributed by atoms with E-state index in [-0.39, 0.29) is 12.0 Å². The van der Waals surface area contributed by atoms with Gasteiger partial charge in [0, 0.05) is 6.04 Å². The molecule has 2 aliphatic rings. The average molecular weight is 217 g/mol. The van der Waals surface area contributed by atoms with Gasteiger partial charge in [0.05, 0.1) is 0 Å². The van der Waals surface area contributed by atoms with Crippen molar-refractivity contribution in [2.24, 2.45) is 5.92 Å². The second-order valence-electron chi connectivity index (χ2n) is 4.65. The maximum Gasteiger partial charge on any atom is 0.323 e. The molecule has 3 atom stereocenters. The van der Waals surface area contributed by atoms with Crippen molar-refractivity contribution < 1.29 is 9.53 Å². The summed E-state index contributed by atoms with van der Waals surface area (Å²) in [4.78, 5) is 11.7. The molecule has 0 aromatic heterocycles. The van der Waals surface area contributed by atoms with Crippen molar-refractivity contribution in [1.29, 1.82) is 0 Å². The van der Waals surface area contributed by atoms with E-state index >= 15 is 0 Å². The summed E-state index contributed by atoms with van der Waals surface area (Å²) < 4.78 is 5.28. The molecule has 0 amide bonds. The fraction of sp³-hybridized carbons (Fsp3) is 0.462. The van der Waals surface area contributed by atoms with Crippen LogP contribution < -0.4 is 5.32 Å². The Morgan fingerprint density at radius 3 is 2.81 bits per heavy atom. The normalized spacial score (nSPS) is 30.9. The Labute approximate surface area is 94.8 Å². The van der Waals surface area contributed by atoms with E-state index in [4.69, 9.17) is 4.74 Å². The molecule has 16 heavy (non-hydrogen) atoms. The van der Waals surface area contributed by atoms with Gasteiger partial charge in [-0.1, -0.05) is 30.3 Å². The van der Waals surface area contributed by atoms with Gasteiger partial charge >= 0.3 is 5.97 Å². The van der Waals surface area contributed by atoms with Crippen LogP contribution in [-0.2, 0) is 16.1 Å². The molecule has 84 valence electrons. The fourth-order valence-corrected chi connectivity index (χ4v) is 2.33. The second kappa shape index (κ2) is 3.91. The summed E-state index contributed by atoms with van der Waals surface area (Å²) in [5.41, 5.74) is 1.04. The SMILES string of the molecule is O=C(OCc1ccccc1)[C@@H]1C[C@@H]2C[C@H]2N1. The van der Waals surface area contributed by atoms with Gasteiger partial charge in [-0.25, -0.2) is 0 Å². The topological polar surface area (TPSA) is 38.3 Å². The number of piperidine rings is 1. The van der Waals surface area contributed by atoms with Crippen LogP contribution in [-0.4, -0.2) is 18.1 Å². The predicted molar refractivity (Wildman–Crippen MR) is 59.7 cm³/mol. The minimum Gasteiger partial charge on any atom is -0.460 e. The van der Waals surface area contributed by atoms with Crippen molar-refractivity contribution in [3.8, 4) is 0 Å². The molecule has 0 unspecified atom stereocenters. The molecule has 3 heteroatoms. The van der Waals surface area contributed by atoms with Gasteiger partial charge in [-0.15, -0.1) is 0 Å². The standard InChI is InChI=1S/C13H15NO2/c15-13(12-7-10-6-11(10)14-12)16-8-9-4-2-1-3-5-9/h1-5,10-12,14H,6-8H2/t10-,11+,12-/m0/s1. The smallest absolute Gasteiger partial charge is 0.323 e. The van der Waals surface area contributed by atoms with Crippen molar-refractivity contribution >= 4 is 5.97 Å². The van der Waals surface area contributed by atoms with Crippen molar-refractivity contribution in [2.75, 3.05) is 0 Å². The lowest BCUT2D eigenvalue weighted by Gasteiger charge is -2.12. The Kier molecular flexibility index (Phi) is 2.40. The zero-order chi connectivity index (χ0) is 11.0. The van der Waals surface area contributed by atoms with Gasteiger partial charge in [0.2, 0.25) is 0 Å². The number of fused-ring (bicyclic) bond motifs is 1. The van der Waals surface area contributed by atoms with Gasteiger partial charge in [0.15, 0.2) is 0 Å². The zero-order valence-electron chi connectivity index (χ0n) is 9.06. The van der Waals surface area contributed by atoms with E-state index in [9.17, 15) is 4.79 Å². The predicted octanol–water partition coefficient (Wildman–Crippen LogP) is 1.48. The van der Waals surface area contributed by atoms with Crippen LogP contribution in [0.2, 0.25) is 0 Å². The molecule has 0 radical (unpaired) electrons. The van der Waals surface area contributed by atoms with Gasteiger partial charge in [0.25, 0.3) is 0 Å². The highest BCUT2D eigenvalue weighted by atomic mass is 16.5. The number of carbonyl (C=O) groups excluding carboxylic acids is 1. The van der Waals surface area contributed by atoms with Crippen LogP contribution in [0.4, 0.5) is 0 Å². The lowest BCUT2D eigenvalue weighted by molar-refractivity contribution is -0.147. The van der Waals surface area contributed by atoms with E-state index in [0.717, 1.165) is 17.9 Å². The molecule has 1 N–H and O–H groups in total. The number of esters is 1. The lowest BCUT2D eigenvalue weighted by atomic mass is 10.2. The molecule has 1 saturated carbocycles. The van der Waals surface area contributed by atoms with Crippen LogP contribution in [0.25, 0.3) is 0 Å². The average Bonchev–Trinajstić information content (AvgIpc) is 2.94. The van der Waals surface area contributed by atoms with E-state index in [2.05, 4.69) is 5.32 Å². The lowest BCUT2D eigenvalue weighted by Crippen LogP contribution is -2.35. The Balaban J connectivity index is 1.50. The quantitative estimate of drug-likeness (QED) is 0.779. The number of benzene rings is 1. The molecular formula is C13H15NO2. The number of carbonyl (C=O) groups is 1. The molecule has 1 aromatic rings. The first kappa shape index (κ1) is 9.85. The van der Waals surface area contributed by atoms with Crippen LogP contribution in [0.15, 0.2) is 30.3 Å². The van der Waals surface area contributed by atoms with Crippen LogP contribution in [0, 0.1) is 5.92 Å². The van der Waals surface area contributed by atoms with Crippen LogP contribution >= 0.6 is 0 Å².